The molecule has 6 heteroatoms. The van der Waals surface area contributed by atoms with E-state index in [2.05, 4.69) is 26.7 Å². The number of aromatic nitrogens is 2. The number of pyridine rings is 1. The number of nitrogens with zero attached hydrogens (tertiary/aromatic N) is 1. The Labute approximate surface area is 174 Å². The number of aromatic amines is 1. The normalized spacial score (nSPS) is 10.7. The SMILES string of the molecule is Cc1cc(C)c2cc(C(=O)Nc3cccc(C(=O)NCc4ccccn4)c3)[nH]c2c1. The molecule has 3 N–H and O–H groups in total. The number of hydrogen-bond donors (Lipinski definition) is 3. The molecule has 0 aliphatic carbocycles. The Hall–Kier alpha value is -3.93. The Morgan fingerprint density at radius 2 is 1.83 bits per heavy atom. The molecule has 0 atom stereocenters. The minimum absolute atomic E-state index is 0.228. The maximum absolute atomic E-state index is 12.7. The molecular weight excluding hydrogens is 376 g/mol. The van der Waals surface area contributed by atoms with Crippen LogP contribution in [0.15, 0.2) is 66.9 Å². The molecule has 4 aromatic rings. The maximum Gasteiger partial charge on any atom is 0.272 e. The maximum atomic E-state index is 12.7. The van der Waals surface area contributed by atoms with Crippen LogP contribution in [0.2, 0.25) is 0 Å². The van der Waals surface area contributed by atoms with Crippen molar-refractivity contribution in [1.29, 1.82) is 0 Å². The molecular formula is C24H22N4O2. The predicted octanol–water partition coefficient (Wildman–Crippen LogP) is 4.36. The summed E-state index contributed by atoms with van der Waals surface area (Å²) in [5.41, 5.74) is 5.46. The standard InChI is InChI=1S/C24H22N4O2/c1-15-10-16(2)20-13-22(28-21(20)11-15)24(30)27-18-8-5-6-17(12-18)23(29)26-14-19-7-3-4-9-25-19/h3-13,28H,14H2,1-2H3,(H,26,29)(H,27,30). The zero-order chi connectivity index (χ0) is 21.1. The molecule has 2 aromatic heterocycles. The van der Waals surface area contributed by atoms with Crippen LogP contribution in [0.1, 0.15) is 37.7 Å². The number of aryl methyl sites for hydroxylation is 2. The molecule has 0 aliphatic heterocycles. The van der Waals surface area contributed by atoms with E-state index in [4.69, 9.17) is 0 Å². The fraction of sp³-hybridized carbons (Fsp3) is 0.125. The van der Waals surface area contributed by atoms with Gasteiger partial charge in [0.2, 0.25) is 0 Å². The Morgan fingerprint density at radius 1 is 0.967 bits per heavy atom. The van der Waals surface area contributed by atoms with Crippen LogP contribution in [0, 0.1) is 13.8 Å². The summed E-state index contributed by atoms with van der Waals surface area (Å²) >= 11 is 0. The van der Waals surface area contributed by atoms with Gasteiger partial charge in [-0.25, -0.2) is 0 Å². The summed E-state index contributed by atoms with van der Waals surface area (Å²) in [6.45, 7) is 4.39. The average Bonchev–Trinajstić information content (AvgIpc) is 3.17. The monoisotopic (exact) mass is 398 g/mol. The second-order valence-corrected chi connectivity index (χ2v) is 7.26. The first kappa shape index (κ1) is 19.4. The van der Waals surface area contributed by atoms with Gasteiger partial charge in [0.1, 0.15) is 5.69 Å². The summed E-state index contributed by atoms with van der Waals surface area (Å²) in [6, 6.07) is 18.4. The third kappa shape index (κ3) is 4.22. The summed E-state index contributed by atoms with van der Waals surface area (Å²) in [6.07, 6.45) is 1.68. The number of H-pyrrole nitrogens is 1. The first-order valence-corrected chi connectivity index (χ1v) is 9.69. The second kappa shape index (κ2) is 8.21. The van der Waals surface area contributed by atoms with E-state index in [0.717, 1.165) is 27.7 Å². The number of hydrogen-bond acceptors (Lipinski definition) is 3. The van der Waals surface area contributed by atoms with Gasteiger partial charge in [-0.1, -0.05) is 18.2 Å². The van der Waals surface area contributed by atoms with Crippen LogP contribution in [0.3, 0.4) is 0 Å². The summed E-state index contributed by atoms with van der Waals surface area (Å²) in [5.74, 6) is -0.484. The fourth-order valence-corrected chi connectivity index (χ4v) is 3.43. The number of carbonyl (C=O) groups excluding carboxylic acids is 2. The molecule has 0 saturated carbocycles. The van der Waals surface area contributed by atoms with Crippen molar-refractivity contribution in [3.63, 3.8) is 0 Å². The van der Waals surface area contributed by atoms with Gasteiger partial charge >= 0.3 is 0 Å². The number of amides is 2. The fourth-order valence-electron chi connectivity index (χ4n) is 3.43. The summed E-state index contributed by atoms with van der Waals surface area (Å²) in [5, 5.41) is 6.72. The third-order valence-corrected chi connectivity index (χ3v) is 4.87. The van der Waals surface area contributed by atoms with Gasteiger partial charge < -0.3 is 15.6 Å². The summed E-state index contributed by atoms with van der Waals surface area (Å²) < 4.78 is 0. The molecule has 150 valence electrons. The van der Waals surface area contributed by atoms with E-state index in [9.17, 15) is 9.59 Å². The van der Waals surface area contributed by atoms with Gasteiger partial charge in [0, 0.05) is 28.4 Å². The highest BCUT2D eigenvalue weighted by Gasteiger charge is 2.13. The van der Waals surface area contributed by atoms with Crippen molar-refractivity contribution >= 4 is 28.4 Å². The van der Waals surface area contributed by atoms with E-state index in [0.29, 0.717) is 23.5 Å². The lowest BCUT2D eigenvalue weighted by atomic mass is 10.1. The molecule has 6 nitrogen and oxygen atoms in total. The van der Waals surface area contributed by atoms with Crippen LogP contribution in [-0.4, -0.2) is 21.8 Å². The molecule has 2 amide bonds. The largest absolute Gasteiger partial charge is 0.351 e. The third-order valence-electron chi connectivity index (χ3n) is 4.87. The second-order valence-electron chi connectivity index (χ2n) is 7.26. The highest BCUT2D eigenvalue weighted by atomic mass is 16.2. The van der Waals surface area contributed by atoms with Crippen molar-refractivity contribution in [1.82, 2.24) is 15.3 Å². The average molecular weight is 398 g/mol. The minimum atomic E-state index is -0.255. The van der Waals surface area contributed by atoms with Crippen LogP contribution in [-0.2, 0) is 6.54 Å². The number of nitrogens with one attached hydrogen (secondary N) is 3. The van der Waals surface area contributed by atoms with Gasteiger partial charge in [-0.2, -0.15) is 0 Å². The van der Waals surface area contributed by atoms with Crippen molar-refractivity contribution < 1.29 is 9.59 Å². The number of carbonyl (C=O) groups is 2. The molecule has 2 aromatic carbocycles. The molecule has 0 fully saturated rings. The van der Waals surface area contributed by atoms with E-state index in [1.54, 1.807) is 30.5 Å². The molecule has 2 heterocycles. The van der Waals surface area contributed by atoms with Gasteiger partial charge in [0.25, 0.3) is 11.8 Å². The zero-order valence-electron chi connectivity index (χ0n) is 16.8. The van der Waals surface area contributed by atoms with Crippen LogP contribution >= 0.6 is 0 Å². The van der Waals surface area contributed by atoms with Gasteiger partial charge in [0.15, 0.2) is 0 Å². The van der Waals surface area contributed by atoms with Gasteiger partial charge in [-0.05, 0) is 67.4 Å². The minimum Gasteiger partial charge on any atom is -0.351 e. The van der Waals surface area contributed by atoms with E-state index >= 15 is 0 Å². The number of rotatable bonds is 5. The van der Waals surface area contributed by atoms with E-state index < -0.39 is 0 Å². The first-order valence-electron chi connectivity index (χ1n) is 9.69. The highest BCUT2D eigenvalue weighted by Crippen LogP contribution is 2.22. The van der Waals surface area contributed by atoms with Crippen LogP contribution < -0.4 is 10.6 Å². The van der Waals surface area contributed by atoms with Crippen molar-refractivity contribution in [2.45, 2.75) is 20.4 Å². The van der Waals surface area contributed by atoms with Crippen molar-refractivity contribution in [3.05, 3.63) is 94.9 Å². The topological polar surface area (TPSA) is 86.9 Å². The van der Waals surface area contributed by atoms with Gasteiger partial charge in [-0.3, -0.25) is 14.6 Å². The smallest absolute Gasteiger partial charge is 0.272 e. The summed E-state index contributed by atoms with van der Waals surface area (Å²) in [7, 11) is 0. The Morgan fingerprint density at radius 3 is 2.63 bits per heavy atom. The quantitative estimate of drug-likeness (QED) is 0.467. The van der Waals surface area contributed by atoms with Crippen molar-refractivity contribution in [2.75, 3.05) is 5.32 Å². The van der Waals surface area contributed by atoms with Gasteiger partial charge in [-0.15, -0.1) is 0 Å². The molecule has 0 aliphatic rings. The molecule has 30 heavy (non-hydrogen) atoms. The molecule has 4 rings (SSSR count). The number of benzene rings is 2. The Balaban J connectivity index is 1.47. The lowest BCUT2D eigenvalue weighted by Crippen LogP contribution is -2.23. The summed E-state index contributed by atoms with van der Waals surface area (Å²) in [4.78, 5) is 32.5. The molecule has 0 unspecified atom stereocenters. The first-order chi connectivity index (χ1) is 14.5. The Bertz CT molecular complexity index is 1230. The zero-order valence-corrected chi connectivity index (χ0v) is 16.8. The van der Waals surface area contributed by atoms with E-state index in [1.807, 2.05) is 44.2 Å². The van der Waals surface area contributed by atoms with Crippen LogP contribution in [0.25, 0.3) is 10.9 Å². The number of anilines is 1. The van der Waals surface area contributed by atoms with Crippen LogP contribution in [0.4, 0.5) is 5.69 Å². The van der Waals surface area contributed by atoms with Gasteiger partial charge in [0.05, 0.1) is 12.2 Å². The van der Waals surface area contributed by atoms with E-state index in [-0.39, 0.29) is 11.8 Å². The highest BCUT2D eigenvalue weighted by molar-refractivity contribution is 6.07. The van der Waals surface area contributed by atoms with Crippen molar-refractivity contribution in [2.24, 2.45) is 0 Å². The molecule has 0 saturated heterocycles. The Kier molecular flexibility index (Phi) is 5.30. The molecule has 0 bridgehead atoms. The van der Waals surface area contributed by atoms with Crippen molar-refractivity contribution in [3.8, 4) is 0 Å². The number of fused-ring (bicyclic) bond motifs is 1. The van der Waals surface area contributed by atoms with Crippen LogP contribution in [0.5, 0.6) is 0 Å². The lowest BCUT2D eigenvalue weighted by Gasteiger charge is -2.08. The molecule has 0 radical (unpaired) electrons. The lowest BCUT2D eigenvalue weighted by molar-refractivity contribution is 0.0949. The van der Waals surface area contributed by atoms with E-state index in [1.165, 1.54) is 0 Å². The molecule has 0 spiro atoms. The predicted molar refractivity (Wildman–Crippen MR) is 118 cm³/mol.